The number of benzene rings is 1. The van der Waals surface area contributed by atoms with Crippen molar-refractivity contribution < 1.29 is 4.74 Å². The van der Waals surface area contributed by atoms with Crippen LogP contribution >= 0.6 is 22.9 Å². The fourth-order valence-corrected chi connectivity index (χ4v) is 3.69. The first-order chi connectivity index (χ1) is 12.8. The summed E-state index contributed by atoms with van der Waals surface area (Å²) in [6, 6.07) is 5.20. The van der Waals surface area contributed by atoms with Gasteiger partial charge < -0.3 is 9.30 Å². The molecule has 0 saturated heterocycles. The van der Waals surface area contributed by atoms with Gasteiger partial charge in [0.05, 0.1) is 12.7 Å². The number of thiazole rings is 1. The van der Waals surface area contributed by atoms with Gasteiger partial charge in [-0.3, -0.25) is 0 Å². The van der Waals surface area contributed by atoms with Gasteiger partial charge in [-0.15, -0.1) is 11.3 Å². The lowest BCUT2D eigenvalue weighted by atomic mass is 9.95. The third kappa shape index (κ3) is 5.44. The van der Waals surface area contributed by atoms with Crippen molar-refractivity contribution in [3.8, 4) is 11.9 Å². The number of halogens is 1. The van der Waals surface area contributed by atoms with Crippen molar-refractivity contribution in [2.45, 2.75) is 52.5 Å². The second-order valence-corrected chi connectivity index (χ2v) is 8.61. The van der Waals surface area contributed by atoms with Crippen LogP contribution in [-0.2, 0) is 12.0 Å². The summed E-state index contributed by atoms with van der Waals surface area (Å²) in [5.41, 5.74) is 0.617. The Labute approximate surface area is 169 Å². The summed E-state index contributed by atoms with van der Waals surface area (Å²) in [5, 5.41) is 9.71. The molecule has 0 saturated carbocycles. The third-order valence-electron chi connectivity index (χ3n) is 3.97. The van der Waals surface area contributed by atoms with Crippen LogP contribution in [0.25, 0.3) is 0 Å². The van der Waals surface area contributed by atoms with Crippen molar-refractivity contribution in [3.05, 3.63) is 44.7 Å². The molecule has 0 aliphatic rings. The number of aryl methyl sites for hydroxylation is 1. The minimum atomic E-state index is 0.0205. The lowest BCUT2D eigenvalue weighted by Gasteiger charge is -2.14. The van der Waals surface area contributed by atoms with Crippen LogP contribution in [0, 0.1) is 11.5 Å². The molecular formula is C20H25ClN4OS. The molecule has 144 valence electrons. The van der Waals surface area contributed by atoms with Gasteiger partial charge in [-0.25, -0.2) is 0 Å². The molecule has 0 N–H and O–H groups in total. The summed E-state index contributed by atoms with van der Waals surface area (Å²) in [6.07, 6.45) is 6.15. The Hall–Kier alpha value is -2.10. The van der Waals surface area contributed by atoms with Crippen molar-refractivity contribution >= 4 is 28.8 Å². The first kappa shape index (κ1) is 21.2. The van der Waals surface area contributed by atoms with Crippen LogP contribution < -0.4 is 9.54 Å². The van der Waals surface area contributed by atoms with Crippen molar-refractivity contribution in [2.75, 3.05) is 7.11 Å². The zero-order valence-electron chi connectivity index (χ0n) is 16.4. The van der Waals surface area contributed by atoms with Gasteiger partial charge in [0.1, 0.15) is 5.75 Å². The molecule has 0 aliphatic heterocycles. The molecular weight excluding hydrogens is 380 g/mol. The van der Waals surface area contributed by atoms with Gasteiger partial charge in [-0.05, 0) is 30.0 Å². The molecule has 0 radical (unpaired) electrons. The lowest BCUT2D eigenvalue weighted by molar-refractivity contribution is 0.414. The number of rotatable bonds is 5. The highest BCUT2D eigenvalue weighted by molar-refractivity contribution is 7.09. The number of aliphatic imine (C=N–C) groups is 1. The van der Waals surface area contributed by atoms with E-state index in [-0.39, 0.29) is 5.41 Å². The van der Waals surface area contributed by atoms with Gasteiger partial charge in [0.2, 0.25) is 6.19 Å². The maximum Gasteiger partial charge on any atom is 0.207 e. The van der Waals surface area contributed by atoms with Crippen LogP contribution in [-0.4, -0.2) is 17.5 Å². The SMILES string of the molecule is CCCCn1cc(C(C)(C)C)s/c1=N\C(=NC#N)c1cc(Cl)ccc1OC. The van der Waals surface area contributed by atoms with E-state index < -0.39 is 0 Å². The van der Waals surface area contributed by atoms with Gasteiger partial charge in [-0.1, -0.05) is 45.7 Å². The molecule has 7 heteroatoms. The Morgan fingerprint density at radius 1 is 1.37 bits per heavy atom. The van der Waals surface area contributed by atoms with E-state index in [1.54, 1.807) is 36.6 Å². The number of nitriles is 1. The van der Waals surface area contributed by atoms with E-state index in [1.165, 1.54) is 4.88 Å². The zero-order valence-corrected chi connectivity index (χ0v) is 18.0. The number of hydrogen-bond donors (Lipinski definition) is 0. The van der Waals surface area contributed by atoms with Crippen LogP contribution in [0.4, 0.5) is 0 Å². The number of amidine groups is 1. The van der Waals surface area contributed by atoms with E-state index in [2.05, 4.69) is 43.5 Å². The minimum absolute atomic E-state index is 0.0205. The Balaban J connectivity index is 2.66. The highest BCUT2D eigenvalue weighted by Crippen LogP contribution is 2.26. The van der Waals surface area contributed by atoms with E-state index in [1.807, 2.05) is 6.19 Å². The highest BCUT2D eigenvalue weighted by Gasteiger charge is 2.18. The highest BCUT2D eigenvalue weighted by atomic mass is 35.5. The molecule has 0 bridgehead atoms. The molecule has 2 rings (SSSR count). The van der Waals surface area contributed by atoms with Crippen LogP contribution in [0.2, 0.25) is 5.02 Å². The fourth-order valence-electron chi connectivity index (χ4n) is 2.44. The second-order valence-electron chi connectivity index (χ2n) is 7.17. The zero-order chi connectivity index (χ0) is 20.0. The summed E-state index contributed by atoms with van der Waals surface area (Å²) in [7, 11) is 1.57. The predicted molar refractivity (Wildman–Crippen MR) is 112 cm³/mol. The van der Waals surface area contributed by atoms with E-state index in [9.17, 15) is 5.26 Å². The molecule has 0 amide bonds. The molecule has 0 spiro atoms. The average Bonchev–Trinajstić information content (AvgIpc) is 3.02. The molecule has 1 heterocycles. The van der Waals surface area contributed by atoms with Crippen LogP contribution in [0.5, 0.6) is 5.75 Å². The van der Waals surface area contributed by atoms with E-state index in [0.717, 1.165) is 24.2 Å². The standard InChI is InChI=1S/C20H25ClN4OS/c1-6-7-10-25-12-17(20(2,3)4)27-19(25)24-18(23-13-22)15-11-14(21)8-9-16(15)26-5/h8-9,11-12H,6-7,10H2,1-5H3/b23-18?,24-19-. The maximum atomic E-state index is 9.18. The Kier molecular flexibility index (Phi) is 7.23. The Morgan fingerprint density at radius 3 is 2.70 bits per heavy atom. The predicted octanol–water partition coefficient (Wildman–Crippen LogP) is 5.14. The van der Waals surface area contributed by atoms with Gasteiger partial charge in [0.25, 0.3) is 0 Å². The normalized spacial score (nSPS) is 12.9. The quantitative estimate of drug-likeness (QED) is 0.393. The molecule has 2 aromatic rings. The number of ether oxygens (including phenoxy) is 1. The smallest absolute Gasteiger partial charge is 0.207 e. The third-order valence-corrected chi connectivity index (χ3v) is 5.65. The summed E-state index contributed by atoms with van der Waals surface area (Å²) in [6.45, 7) is 9.56. The monoisotopic (exact) mass is 404 g/mol. The fraction of sp³-hybridized carbons (Fsp3) is 0.450. The van der Waals surface area contributed by atoms with Crippen LogP contribution in [0.15, 0.2) is 34.4 Å². The number of hydrogen-bond acceptors (Lipinski definition) is 4. The lowest BCUT2D eigenvalue weighted by Crippen LogP contribution is -2.17. The molecule has 1 aromatic heterocycles. The van der Waals surface area contributed by atoms with Gasteiger partial charge in [0.15, 0.2) is 10.6 Å². The second kappa shape index (κ2) is 9.20. The van der Waals surface area contributed by atoms with Crippen LogP contribution in [0.1, 0.15) is 51.0 Å². The summed E-state index contributed by atoms with van der Waals surface area (Å²) < 4.78 is 7.55. The maximum absolute atomic E-state index is 9.18. The van der Waals surface area contributed by atoms with Crippen molar-refractivity contribution in [1.82, 2.24) is 4.57 Å². The topological polar surface area (TPSA) is 62.7 Å². The molecule has 27 heavy (non-hydrogen) atoms. The molecule has 0 fully saturated rings. The van der Waals surface area contributed by atoms with E-state index >= 15 is 0 Å². The van der Waals surface area contributed by atoms with Gasteiger partial charge in [0, 0.05) is 22.6 Å². The summed E-state index contributed by atoms with van der Waals surface area (Å²) in [4.78, 5) is 10.7. The first-order valence-electron chi connectivity index (χ1n) is 8.86. The van der Waals surface area contributed by atoms with Gasteiger partial charge in [-0.2, -0.15) is 15.2 Å². The summed E-state index contributed by atoms with van der Waals surface area (Å²) >= 11 is 7.76. The minimum Gasteiger partial charge on any atom is -0.496 e. The van der Waals surface area contributed by atoms with E-state index in [4.69, 9.17) is 21.3 Å². The molecule has 1 aromatic carbocycles. The van der Waals surface area contributed by atoms with Gasteiger partial charge >= 0.3 is 0 Å². The Morgan fingerprint density at radius 2 is 2.11 bits per heavy atom. The molecule has 5 nitrogen and oxygen atoms in total. The average molecular weight is 405 g/mol. The van der Waals surface area contributed by atoms with E-state index in [0.29, 0.717) is 22.2 Å². The number of aromatic nitrogens is 1. The van der Waals surface area contributed by atoms with Crippen molar-refractivity contribution in [3.63, 3.8) is 0 Å². The summed E-state index contributed by atoms with van der Waals surface area (Å²) in [5.74, 6) is 0.870. The molecule has 0 aliphatic carbocycles. The first-order valence-corrected chi connectivity index (χ1v) is 10.1. The van der Waals surface area contributed by atoms with Crippen molar-refractivity contribution in [2.24, 2.45) is 9.98 Å². The van der Waals surface area contributed by atoms with Crippen molar-refractivity contribution in [1.29, 1.82) is 5.26 Å². The van der Waals surface area contributed by atoms with Crippen LogP contribution in [0.3, 0.4) is 0 Å². The number of unbranched alkanes of at least 4 members (excludes halogenated alkanes) is 1. The molecule has 0 atom stereocenters. The largest absolute Gasteiger partial charge is 0.496 e. The number of nitrogens with zero attached hydrogens (tertiary/aromatic N) is 4. The molecule has 0 unspecified atom stereocenters. The Bertz CT molecular complexity index is 929. The number of methoxy groups -OCH3 is 1.